The van der Waals surface area contributed by atoms with Gasteiger partial charge >= 0.3 is 0 Å². The van der Waals surface area contributed by atoms with Crippen LogP contribution in [0.2, 0.25) is 10.0 Å². The van der Waals surface area contributed by atoms with Crippen molar-refractivity contribution in [2.75, 3.05) is 14.2 Å². The van der Waals surface area contributed by atoms with Gasteiger partial charge in [0.2, 0.25) is 6.23 Å². The van der Waals surface area contributed by atoms with Crippen LogP contribution in [0.5, 0.6) is 17.2 Å². The fraction of sp³-hybridized carbons (Fsp3) is 0.240. The Labute approximate surface area is 197 Å². The highest BCUT2D eigenvalue weighted by Crippen LogP contribution is 2.51. The van der Waals surface area contributed by atoms with Crippen LogP contribution in [0.15, 0.2) is 59.7 Å². The van der Waals surface area contributed by atoms with Crippen molar-refractivity contribution in [1.29, 1.82) is 0 Å². The van der Waals surface area contributed by atoms with E-state index in [0.717, 1.165) is 22.4 Å². The highest BCUT2D eigenvalue weighted by Gasteiger charge is 2.42. The molecule has 0 spiro atoms. The smallest absolute Gasteiger partial charge is 0.213 e. The van der Waals surface area contributed by atoms with E-state index in [1.165, 1.54) is 5.56 Å². The van der Waals surface area contributed by atoms with Crippen molar-refractivity contribution < 1.29 is 14.2 Å². The summed E-state index contributed by atoms with van der Waals surface area (Å²) in [5.74, 6) is 2.00. The van der Waals surface area contributed by atoms with Gasteiger partial charge in [-0.3, -0.25) is 0 Å². The van der Waals surface area contributed by atoms with E-state index < -0.39 is 6.23 Å². The van der Waals surface area contributed by atoms with Gasteiger partial charge in [-0.15, -0.1) is 0 Å². The molecule has 0 fully saturated rings. The maximum Gasteiger partial charge on any atom is 0.213 e. The van der Waals surface area contributed by atoms with Crippen LogP contribution in [0.3, 0.4) is 0 Å². The second kappa shape index (κ2) is 8.23. The molecule has 164 valence electrons. The largest absolute Gasteiger partial charge is 0.493 e. The average molecular weight is 469 g/mol. The van der Waals surface area contributed by atoms with E-state index in [1.807, 2.05) is 29.3 Å². The quantitative estimate of drug-likeness (QED) is 0.434. The number of ether oxygens (including phenoxy) is 3. The Bertz CT molecular complexity index is 1210. The third-order valence-corrected chi connectivity index (χ3v) is 6.39. The van der Waals surface area contributed by atoms with E-state index in [-0.39, 0.29) is 6.04 Å². The number of fused-ring (bicyclic) bond motifs is 3. The van der Waals surface area contributed by atoms with Crippen molar-refractivity contribution in [2.24, 2.45) is 5.10 Å². The lowest BCUT2D eigenvalue weighted by Gasteiger charge is -2.38. The maximum atomic E-state index is 6.55. The Balaban J connectivity index is 1.61. The molecule has 0 radical (unpaired) electrons. The van der Waals surface area contributed by atoms with Crippen LogP contribution in [0, 0.1) is 6.92 Å². The monoisotopic (exact) mass is 468 g/mol. The van der Waals surface area contributed by atoms with Crippen LogP contribution in [-0.4, -0.2) is 24.9 Å². The number of nitrogens with zero attached hydrogens (tertiary/aromatic N) is 2. The zero-order valence-corrected chi connectivity index (χ0v) is 19.4. The van der Waals surface area contributed by atoms with Crippen molar-refractivity contribution >= 4 is 28.9 Å². The van der Waals surface area contributed by atoms with E-state index in [2.05, 4.69) is 31.2 Å². The van der Waals surface area contributed by atoms with E-state index >= 15 is 0 Å². The van der Waals surface area contributed by atoms with Gasteiger partial charge in [-0.25, -0.2) is 5.01 Å². The van der Waals surface area contributed by atoms with Crippen molar-refractivity contribution in [3.05, 3.63) is 86.9 Å². The summed E-state index contributed by atoms with van der Waals surface area (Å²) in [6.45, 7) is 2.06. The molecule has 2 atom stereocenters. The van der Waals surface area contributed by atoms with Gasteiger partial charge in [-0.1, -0.05) is 53.0 Å². The highest BCUT2D eigenvalue weighted by molar-refractivity contribution is 6.35. The third-order valence-electron chi connectivity index (χ3n) is 5.89. The van der Waals surface area contributed by atoms with Gasteiger partial charge in [0.05, 0.1) is 31.0 Å². The summed E-state index contributed by atoms with van der Waals surface area (Å²) in [5, 5.41) is 8.08. The van der Waals surface area contributed by atoms with Gasteiger partial charge < -0.3 is 14.2 Å². The first kappa shape index (κ1) is 21.0. The Hall–Kier alpha value is -2.89. The van der Waals surface area contributed by atoms with Crippen molar-refractivity contribution in [3.8, 4) is 17.2 Å². The minimum atomic E-state index is -0.399. The second-order valence-electron chi connectivity index (χ2n) is 7.90. The molecule has 0 amide bonds. The molecular formula is C25H22Cl2N2O3. The summed E-state index contributed by atoms with van der Waals surface area (Å²) in [7, 11) is 3.25. The summed E-state index contributed by atoms with van der Waals surface area (Å²) in [6.07, 6.45) is 0.287. The van der Waals surface area contributed by atoms with Crippen LogP contribution in [0.4, 0.5) is 0 Å². The number of aryl methyl sites for hydroxylation is 1. The summed E-state index contributed by atoms with van der Waals surface area (Å²) in [4.78, 5) is 0. The Kier molecular flexibility index (Phi) is 5.39. The lowest BCUT2D eigenvalue weighted by atomic mass is 9.95. The standard InChI is InChI=1S/C25H22Cl2N2O3/c1-14-4-6-15(7-5-14)25-29-21(18-11-17(26)12-19(27)24(18)32-25)13-20(28-29)16-8-9-22(30-2)23(10-16)31-3/h4-12,21,25H,13H2,1-3H3. The molecule has 0 saturated carbocycles. The number of halogens is 2. The zero-order chi connectivity index (χ0) is 22.4. The maximum absolute atomic E-state index is 6.55. The third kappa shape index (κ3) is 3.55. The molecule has 0 saturated heterocycles. The fourth-order valence-corrected chi connectivity index (χ4v) is 4.81. The number of benzene rings is 3. The van der Waals surface area contributed by atoms with Gasteiger partial charge in [0, 0.05) is 28.1 Å². The average Bonchev–Trinajstić information content (AvgIpc) is 3.25. The molecule has 0 N–H and O–H groups in total. The van der Waals surface area contributed by atoms with Gasteiger partial charge in [0.1, 0.15) is 5.75 Å². The van der Waals surface area contributed by atoms with Gasteiger partial charge in [0.25, 0.3) is 0 Å². The summed E-state index contributed by atoms with van der Waals surface area (Å²) < 4.78 is 17.3. The number of rotatable bonds is 4. The van der Waals surface area contributed by atoms with Crippen molar-refractivity contribution in [3.63, 3.8) is 0 Å². The summed E-state index contributed by atoms with van der Waals surface area (Å²) >= 11 is 12.9. The number of hydrazone groups is 1. The molecule has 2 aliphatic rings. The molecule has 2 heterocycles. The topological polar surface area (TPSA) is 43.3 Å². The number of hydrogen-bond donors (Lipinski definition) is 0. The number of methoxy groups -OCH3 is 2. The van der Waals surface area contributed by atoms with Crippen molar-refractivity contribution in [2.45, 2.75) is 25.6 Å². The molecule has 0 aromatic heterocycles. The molecule has 32 heavy (non-hydrogen) atoms. The summed E-state index contributed by atoms with van der Waals surface area (Å²) in [6, 6.07) is 17.7. The molecule has 3 aromatic rings. The Morgan fingerprint density at radius 3 is 2.44 bits per heavy atom. The normalized spacial score (nSPS) is 19.0. The van der Waals surface area contributed by atoms with Gasteiger partial charge in [-0.05, 0) is 37.3 Å². The fourth-order valence-electron chi connectivity index (χ4n) is 4.26. The molecule has 5 nitrogen and oxygen atoms in total. The predicted octanol–water partition coefficient (Wildman–Crippen LogP) is 6.56. The lowest BCUT2D eigenvalue weighted by molar-refractivity contribution is -0.0189. The second-order valence-corrected chi connectivity index (χ2v) is 8.75. The van der Waals surface area contributed by atoms with Crippen LogP contribution >= 0.6 is 23.2 Å². The van der Waals surface area contributed by atoms with E-state index in [9.17, 15) is 0 Å². The predicted molar refractivity (Wildman–Crippen MR) is 126 cm³/mol. The van der Waals surface area contributed by atoms with Crippen LogP contribution in [0.25, 0.3) is 0 Å². The Morgan fingerprint density at radius 2 is 1.72 bits per heavy atom. The van der Waals surface area contributed by atoms with Crippen LogP contribution in [-0.2, 0) is 0 Å². The molecule has 3 aromatic carbocycles. The minimum absolute atomic E-state index is 0.0515. The molecule has 2 unspecified atom stereocenters. The Morgan fingerprint density at radius 1 is 0.969 bits per heavy atom. The van der Waals surface area contributed by atoms with Gasteiger partial charge in [0.15, 0.2) is 11.5 Å². The molecule has 0 bridgehead atoms. The van der Waals surface area contributed by atoms with Gasteiger partial charge in [-0.2, -0.15) is 5.10 Å². The first-order chi connectivity index (χ1) is 15.5. The van der Waals surface area contributed by atoms with Crippen LogP contribution < -0.4 is 14.2 Å². The van der Waals surface area contributed by atoms with E-state index in [4.69, 9.17) is 42.5 Å². The highest BCUT2D eigenvalue weighted by atomic mass is 35.5. The number of hydrogen-bond acceptors (Lipinski definition) is 5. The first-order valence-corrected chi connectivity index (χ1v) is 11.0. The van der Waals surface area contributed by atoms with E-state index in [1.54, 1.807) is 20.3 Å². The molecule has 5 rings (SSSR count). The minimum Gasteiger partial charge on any atom is -0.493 e. The first-order valence-electron chi connectivity index (χ1n) is 10.3. The van der Waals surface area contributed by atoms with Crippen LogP contribution in [0.1, 0.15) is 40.9 Å². The molecule has 0 aliphatic carbocycles. The lowest BCUT2D eigenvalue weighted by Crippen LogP contribution is -2.33. The van der Waals surface area contributed by atoms with Crippen molar-refractivity contribution in [1.82, 2.24) is 5.01 Å². The SMILES string of the molecule is COc1ccc(C2=NN3C(C2)c2cc(Cl)cc(Cl)c2OC3c2ccc(C)cc2)cc1OC. The molecule has 7 heteroatoms. The molecular weight excluding hydrogens is 447 g/mol. The zero-order valence-electron chi connectivity index (χ0n) is 17.9. The molecule has 2 aliphatic heterocycles. The summed E-state index contributed by atoms with van der Waals surface area (Å²) in [5.41, 5.74) is 5.02. The van der Waals surface area contributed by atoms with E-state index in [0.29, 0.717) is 33.7 Å².